The molecule has 0 radical (unpaired) electrons. The Hall–Kier alpha value is -5.68. The van der Waals surface area contributed by atoms with E-state index in [9.17, 15) is 4.79 Å². The van der Waals surface area contributed by atoms with E-state index in [2.05, 4.69) is 44.3 Å². The topological polar surface area (TPSA) is 86.0 Å². The number of anilines is 2. The minimum absolute atomic E-state index is 0.137. The molecule has 3 heterocycles. The fourth-order valence-electron chi connectivity index (χ4n) is 6.12. The van der Waals surface area contributed by atoms with Crippen LogP contribution in [0.25, 0.3) is 11.3 Å². The molecule has 1 aromatic heterocycles. The molecule has 51 heavy (non-hydrogen) atoms. The molecule has 0 saturated carbocycles. The van der Waals surface area contributed by atoms with E-state index in [1.165, 1.54) is 17.0 Å². The molecule has 0 spiro atoms. The predicted octanol–water partition coefficient (Wildman–Crippen LogP) is 9.92. The van der Waals surface area contributed by atoms with E-state index in [-0.39, 0.29) is 5.91 Å². The van der Waals surface area contributed by atoms with Crippen LogP contribution in [0, 0.1) is 0 Å². The van der Waals surface area contributed by atoms with Crippen LogP contribution in [0.15, 0.2) is 149 Å². The van der Waals surface area contributed by atoms with Crippen LogP contribution < -0.4 is 14.5 Å². The van der Waals surface area contributed by atoms with Crippen molar-refractivity contribution < 1.29 is 9.53 Å². The molecule has 5 aromatic carbocycles. The van der Waals surface area contributed by atoms with E-state index in [1.807, 2.05) is 102 Å². The van der Waals surface area contributed by atoms with Gasteiger partial charge in [0.1, 0.15) is 22.9 Å². The van der Waals surface area contributed by atoms with Gasteiger partial charge in [0.15, 0.2) is 5.00 Å². The zero-order valence-corrected chi connectivity index (χ0v) is 29.0. The average Bonchev–Trinajstić information content (AvgIpc) is 3.71. The number of azo groups is 1. The van der Waals surface area contributed by atoms with Gasteiger partial charge >= 0.3 is 0 Å². The van der Waals surface area contributed by atoms with Gasteiger partial charge in [0, 0.05) is 48.0 Å². The summed E-state index contributed by atoms with van der Waals surface area (Å²) in [5.41, 5.74) is 5.44. The minimum Gasteiger partial charge on any atom is -0.457 e. The van der Waals surface area contributed by atoms with Crippen molar-refractivity contribution in [2.75, 3.05) is 42.6 Å². The number of hydrogen-bond acceptors (Lipinski definition) is 9. The van der Waals surface area contributed by atoms with Crippen molar-refractivity contribution in [2.45, 2.75) is 0 Å². The smallest absolute Gasteiger partial charge is 0.278 e. The maximum atomic E-state index is 14.0. The highest BCUT2D eigenvalue weighted by molar-refractivity contribution is 7.19. The van der Waals surface area contributed by atoms with Crippen LogP contribution in [0.1, 0.15) is 5.56 Å². The molecule has 2 aliphatic rings. The number of carbonyl (C=O) groups excluding carboxylic acids is 1. The first-order valence-electron chi connectivity index (χ1n) is 16.6. The van der Waals surface area contributed by atoms with E-state index < -0.39 is 0 Å². The third-order valence-electron chi connectivity index (χ3n) is 8.73. The Morgan fingerprint density at radius 3 is 2.10 bits per heavy atom. The molecule has 9 nitrogen and oxygen atoms in total. The summed E-state index contributed by atoms with van der Waals surface area (Å²) in [6.45, 7) is 4.00. The fourth-order valence-corrected chi connectivity index (χ4v) is 7.03. The van der Waals surface area contributed by atoms with Crippen LogP contribution in [0.4, 0.5) is 27.2 Å². The summed E-state index contributed by atoms with van der Waals surface area (Å²) in [4.78, 5) is 30.3. The van der Waals surface area contributed by atoms with E-state index in [0.717, 1.165) is 43.0 Å². The third kappa shape index (κ3) is 7.29. The number of rotatable bonds is 9. The standard InChI is InChI=1S/C40H32ClN7O2S/c41-29-15-19-32(20-16-29)50-33-21-17-30(18-22-33)44-45-38-36(28-9-3-1-4-10-28)42-40(51-38)43-37-34-13-7-8-14-35(34)48(39(37)49)27-46-23-25-47(26-24-46)31-11-5-2-6-12-31/h1-22H,23-27H2/b43-37-,45-44?. The molecule has 0 bridgehead atoms. The lowest BCUT2D eigenvalue weighted by Crippen LogP contribution is -2.51. The van der Waals surface area contributed by atoms with Crippen LogP contribution >= 0.6 is 22.9 Å². The summed E-state index contributed by atoms with van der Waals surface area (Å²) in [7, 11) is 0. The second-order valence-corrected chi connectivity index (χ2v) is 13.5. The van der Waals surface area contributed by atoms with E-state index in [0.29, 0.717) is 50.4 Å². The van der Waals surface area contributed by atoms with Gasteiger partial charge in [-0.1, -0.05) is 89.7 Å². The number of nitrogens with zero attached hydrogens (tertiary/aromatic N) is 7. The summed E-state index contributed by atoms with van der Waals surface area (Å²) in [6, 6.07) is 42.6. The number of halogens is 1. The van der Waals surface area contributed by atoms with Gasteiger partial charge in [-0.15, -0.1) is 10.2 Å². The SMILES string of the molecule is O=C1/C(=N\c2nc(-c3ccccc3)c(N=Nc3ccc(Oc4ccc(Cl)cc4)cc3)s2)c2ccccc2N1CN1CCN(c2ccccc2)CC1. The zero-order valence-electron chi connectivity index (χ0n) is 27.5. The molecule has 0 atom stereocenters. The molecule has 1 saturated heterocycles. The highest BCUT2D eigenvalue weighted by Gasteiger charge is 2.35. The van der Waals surface area contributed by atoms with Crippen molar-refractivity contribution in [1.82, 2.24) is 9.88 Å². The number of benzene rings is 5. The maximum absolute atomic E-state index is 14.0. The van der Waals surface area contributed by atoms with Crippen molar-refractivity contribution in [3.63, 3.8) is 0 Å². The van der Waals surface area contributed by atoms with Crippen LogP contribution in [0.3, 0.4) is 0 Å². The van der Waals surface area contributed by atoms with Gasteiger partial charge in [0.05, 0.1) is 18.0 Å². The van der Waals surface area contributed by atoms with E-state index >= 15 is 0 Å². The molecule has 252 valence electrons. The lowest BCUT2D eigenvalue weighted by atomic mass is 10.1. The molecule has 1 amide bonds. The number of amides is 1. The highest BCUT2D eigenvalue weighted by atomic mass is 35.5. The number of para-hydroxylation sites is 2. The molecule has 0 unspecified atom stereocenters. The Labute approximate surface area is 304 Å². The number of hydrogen-bond donors (Lipinski definition) is 0. The Morgan fingerprint density at radius 1 is 0.725 bits per heavy atom. The fraction of sp³-hybridized carbons (Fsp3) is 0.125. The molecule has 6 aromatic rings. The minimum atomic E-state index is -0.137. The second kappa shape index (κ2) is 14.7. The third-order valence-corrected chi connectivity index (χ3v) is 9.81. The van der Waals surface area contributed by atoms with Gasteiger partial charge in [0.2, 0.25) is 5.13 Å². The van der Waals surface area contributed by atoms with Crippen LogP contribution in [-0.2, 0) is 4.79 Å². The number of thiazole rings is 1. The van der Waals surface area contributed by atoms with Crippen LogP contribution in [0.2, 0.25) is 5.02 Å². The molecular formula is C40H32ClN7O2S. The summed E-state index contributed by atoms with van der Waals surface area (Å²) < 4.78 is 5.91. The number of ether oxygens (including phenoxy) is 1. The van der Waals surface area contributed by atoms with Gasteiger partial charge in [-0.2, -0.15) is 0 Å². The lowest BCUT2D eigenvalue weighted by molar-refractivity contribution is -0.112. The van der Waals surface area contributed by atoms with Crippen LogP contribution in [0.5, 0.6) is 11.5 Å². The molecule has 2 aliphatic heterocycles. The van der Waals surface area contributed by atoms with Crippen molar-refractivity contribution in [2.24, 2.45) is 15.2 Å². The van der Waals surface area contributed by atoms with Gasteiger partial charge in [-0.25, -0.2) is 9.98 Å². The molecular weight excluding hydrogens is 678 g/mol. The average molecular weight is 710 g/mol. The second-order valence-electron chi connectivity index (χ2n) is 12.1. The van der Waals surface area contributed by atoms with Gasteiger partial charge in [-0.3, -0.25) is 14.6 Å². The summed E-state index contributed by atoms with van der Waals surface area (Å²) in [6.07, 6.45) is 0. The Bertz CT molecular complexity index is 2200. The largest absolute Gasteiger partial charge is 0.457 e. The number of fused-ring (bicyclic) bond motifs is 1. The van der Waals surface area contributed by atoms with E-state index in [4.69, 9.17) is 26.3 Å². The summed E-state index contributed by atoms with van der Waals surface area (Å²) in [5, 5.41) is 10.8. The Kier molecular flexibility index (Phi) is 9.35. The first kappa shape index (κ1) is 32.5. The number of aromatic nitrogens is 1. The zero-order chi connectivity index (χ0) is 34.6. The van der Waals surface area contributed by atoms with Gasteiger partial charge in [0.25, 0.3) is 5.91 Å². The van der Waals surface area contributed by atoms with Crippen molar-refractivity contribution in [1.29, 1.82) is 0 Å². The first-order chi connectivity index (χ1) is 25.1. The highest BCUT2D eigenvalue weighted by Crippen LogP contribution is 2.41. The predicted molar refractivity (Wildman–Crippen MR) is 205 cm³/mol. The lowest BCUT2D eigenvalue weighted by Gasteiger charge is -2.37. The summed E-state index contributed by atoms with van der Waals surface area (Å²) >= 11 is 7.29. The van der Waals surface area contributed by atoms with Crippen LogP contribution in [-0.4, -0.2) is 54.4 Å². The van der Waals surface area contributed by atoms with Gasteiger partial charge < -0.3 is 9.64 Å². The quantitative estimate of drug-likeness (QED) is 0.140. The van der Waals surface area contributed by atoms with Gasteiger partial charge in [-0.05, 0) is 66.7 Å². The molecule has 1 fully saturated rings. The normalized spacial score (nSPS) is 15.5. The monoisotopic (exact) mass is 709 g/mol. The number of carbonyl (C=O) groups is 1. The Morgan fingerprint density at radius 2 is 1.37 bits per heavy atom. The number of piperazine rings is 1. The maximum Gasteiger partial charge on any atom is 0.278 e. The molecule has 0 aliphatic carbocycles. The molecule has 0 N–H and O–H groups in total. The van der Waals surface area contributed by atoms with Crippen molar-refractivity contribution in [3.8, 4) is 22.8 Å². The summed E-state index contributed by atoms with van der Waals surface area (Å²) in [5.74, 6) is 1.22. The van der Waals surface area contributed by atoms with Crippen molar-refractivity contribution >= 4 is 61.8 Å². The Balaban J connectivity index is 1.03. The van der Waals surface area contributed by atoms with E-state index in [1.54, 1.807) is 12.1 Å². The first-order valence-corrected chi connectivity index (χ1v) is 17.8. The van der Waals surface area contributed by atoms with Crippen molar-refractivity contribution in [3.05, 3.63) is 144 Å². The molecule has 8 rings (SSSR count). The molecule has 11 heteroatoms. The number of aliphatic imine (C=N–C) groups is 1.